The molecule has 0 aromatic carbocycles. The van der Waals surface area contributed by atoms with Crippen molar-refractivity contribution >= 4 is 0 Å². The number of hydrogen-bond donors (Lipinski definition) is 2. The molecule has 0 unspecified atom stereocenters. The fraction of sp³-hybridized carbons (Fsp3) is 0.846. The van der Waals surface area contributed by atoms with Crippen molar-refractivity contribution in [2.24, 2.45) is 0 Å². The minimum atomic E-state index is 0.236. The predicted octanol–water partition coefficient (Wildman–Crippen LogP) is 2.81. The number of piperidine rings is 1. The van der Waals surface area contributed by atoms with Gasteiger partial charge in [-0.05, 0) is 53.2 Å². The lowest BCUT2D eigenvalue weighted by molar-refractivity contribution is 0.153. The molecule has 0 aromatic heterocycles. The fourth-order valence-corrected chi connectivity index (χ4v) is 2.76. The van der Waals surface area contributed by atoms with E-state index in [1.165, 1.54) is 12.8 Å². The maximum absolute atomic E-state index is 3.69. The Morgan fingerprint density at radius 1 is 1.20 bits per heavy atom. The molecular weight excluding hydrogens is 184 g/mol. The van der Waals surface area contributed by atoms with Crippen LogP contribution >= 0.6 is 0 Å². The topological polar surface area (TPSA) is 24.1 Å². The maximum atomic E-state index is 3.69. The molecule has 1 heterocycles. The average molecular weight is 210 g/mol. The molecule has 0 saturated carbocycles. The maximum Gasteiger partial charge on any atom is 0.0290 e. The smallest absolute Gasteiger partial charge is 0.0290 e. The highest BCUT2D eigenvalue weighted by Crippen LogP contribution is 2.28. The average Bonchev–Trinajstić information content (AvgIpc) is 1.98. The molecule has 0 spiro atoms. The Morgan fingerprint density at radius 2 is 1.73 bits per heavy atom. The van der Waals surface area contributed by atoms with Gasteiger partial charge in [0.25, 0.3) is 0 Å². The molecule has 0 aliphatic carbocycles. The summed E-state index contributed by atoms with van der Waals surface area (Å²) >= 11 is 0. The van der Waals surface area contributed by atoms with Gasteiger partial charge < -0.3 is 10.6 Å². The summed E-state index contributed by atoms with van der Waals surface area (Å²) in [4.78, 5) is 0. The highest BCUT2D eigenvalue weighted by Gasteiger charge is 2.37. The molecular formula is C13H26N2. The Labute approximate surface area is 94.5 Å². The first-order valence-corrected chi connectivity index (χ1v) is 6.05. The van der Waals surface area contributed by atoms with Gasteiger partial charge in [0.1, 0.15) is 0 Å². The van der Waals surface area contributed by atoms with Gasteiger partial charge in [0.2, 0.25) is 0 Å². The molecule has 1 aliphatic heterocycles. The lowest BCUT2D eigenvalue weighted by Gasteiger charge is -2.46. The molecule has 88 valence electrons. The molecule has 0 radical (unpaired) electrons. The van der Waals surface area contributed by atoms with Crippen molar-refractivity contribution in [1.82, 2.24) is 10.6 Å². The van der Waals surface area contributed by atoms with Gasteiger partial charge in [0.05, 0.1) is 0 Å². The Hall–Kier alpha value is -0.500. The molecule has 0 aromatic rings. The number of allylic oxidation sites excluding steroid dienone is 1. The van der Waals surface area contributed by atoms with Gasteiger partial charge in [-0.1, -0.05) is 13.0 Å². The van der Waals surface area contributed by atoms with Crippen LogP contribution in [0, 0.1) is 0 Å². The van der Waals surface area contributed by atoms with Crippen molar-refractivity contribution in [3.63, 3.8) is 0 Å². The second-order valence-electron chi connectivity index (χ2n) is 5.98. The van der Waals surface area contributed by atoms with Crippen LogP contribution in [0.15, 0.2) is 12.3 Å². The first-order valence-electron chi connectivity index (χ1n) is 6.05. The van der Waals surface area contributed by atoms with Gasteiger partial charge in [-0.25, -0.2) is 0 Å². The van der Waals surface area contributed by atoms with Gasteiger partial charge in [-0.15, -0.1) is 0 Å². The van der Waals surface area contributed by atoms with Crippen LogP contribution in [0.1, 0.15) is 53.9 Å². The van der Waals surface area contributed by atoms with E-state index in [4.69, 9.17) is 0 Å². The van der Waals surface area contributed by atoms with Crippen LogP contribution in [0.5, 0.6) is 0 Å². The molecule has 15 heavy (non-hydrogen) atoms. The second-order valence-corrected chi connectivity index (χ2v) is 5.98. The zero-order valence-corrected chi connectivity index (χ0v) is 10.9. The summed E-state index contributed by atoms with van der Waals surface area (Å²) in [6.07, 6.45) is 7.77. The van der Waals surface area contributed by atoms with E-state index in [-0.39, 0.29) is 11.1 Å². The lowest BCUT2D eigenvalue weighted by atomic mass is 9.80. The molecule has 1 saturated heterocycles. The molecule has 2 N–H and O–H groups in total. The van der Waals surface area contributed by atoms with Gasteiger partial charge in [-0.2, -0.15) is 0 Å². The zero-order chi connectivity index (χ0) is 11.5. The van der Waals surface area contributed by atoms with Crippen molar-refractivity contribution in [3.05, 3.63) is 12.3 Å². The van der Waals surface area contributed by atoms with Crippen LogP contribution in [0.3, 0.4) is 0 Å². The van der Waals surface area contributed by atoms with Crippen LogP contribution in [-0.4, -0.2) is 17.1 Å². The standard InChI is InChI=1S/C13H26N2/c1-6-7-8-14-11-9-12(2,3)15-13(4,5)10-11/h7-8,11,14-15H,6,9-10H2,1-5H3. The first kappa shape index (κ1) is 12.6. The summed E-state index contributed by atoms with van der Waals surface area (Å²) in [6.45, 7) is 11.3. The van der Waals surface area contributed by atoms with E-state index in [1.807, 2.05) is 0 Å². The fourth-order valence-electron chi connectivity index (χ4n) is 2.76. The lowest BCUT2D eigenvalue weighted by Crippen LogP contribution is -2.61. The van der Waals surface area contributed by atoms with Crippen LogP contribution in [0.4, 0.5) is 0 Å². The minimum Gasteiger partial charge on any atom is -0.388 e. The molecule has 2 nitrogen and oxygen atoms in total. The molecule has 1 aliphatic rings. The van der Waals surface area contributed by atoms with Crippen molar-refractivity contribution in [2.75, 3.05) is 0 Å². The summed E-state index contributed by atoms with van der Waals surface area (Å²) < 4.78 is 0. The van der Waals surface area contributed by atoms with Gasteiger partial charge >= 0.3 is 0 Å². The van der Waals surface area contributed by atoms with Crippen molar-refractivity contribution < 1.29 is 0 Å². The van der Waals surface area contributed by atoms with E-state index in [9.17, 15) is 0 Å². The van der Waals surface area contributed by atoms with Crippen LogP contribution < -0.4 is 10.6 Å². The van der Waals surface area contributed by atoms with E-state index in [0.29, 0.717) is 6.04 Å². The predicted molar refractivity (Wildman–Crippen MR) is 66.9 cm³/mol. The van der Waals surface area contributed by atoms with Gasteiger partial charge in [-0.3, -0.25) is 0 Å². The number of nitrogens with one attached hydrogen (secondary N) is 2. The molecule has 0 atom stereocenters. The Balaban J connectivity index is 2.55. The van der Waals surface area contributed by atoms with E-state index >= 15 is 0 Å². The molecule has 2 heteroatoms. The van der Waals surface area contributed by atoms with E-state index in [0.717, 1.165) is 6.42 Å². The second kappa shape index (κ2) is 4.56. The van der Waals surface area contributed by atoms with Crippen LogP contribution in [-0.2, 0) is 0 Å². The largest absolute Gasteiger partial charge is 0.388 e. The van der Waals surface area contributed by atoms with Crippen molar-refractivity contribution in [1.29, 1.82) is 0 Å². The minimum absolute atomic E-state index is 0.236. The van der Waals surface area contributed by atoms with E-state index in [1.54, 1.807) is 0 Å². The third-order valence-electron chi connectivity index (χ3n) is 2.88. The Bertz CT molecular complexity index is 213. The summed E-state index contributed by atoms with van der Waals surface area (Å²) in [6, 6.07) is 0.596. The number of rotatable bonds is 3. The molecule has 1 fully saturated rings. The van der Waals surface area contributed by atoms with E-state index in [2.05, 4.69) is 57.5 Å². The SMILES string of the molecule is CCC=CNC1CC(C)(C)NC(C)(C)C1. The first-order chi connectivity index (χ1) is 6.85. The van der Waals surface area contributed by atoms with Crippen molar-refractivity contribution in [2.45, 2.75) is 71.0 Å². The molecule has 0 bridgehead atoms. The highest BCUT2D eigenvalue weighted by molar-refractivity contribution is 5.00. The Morgan fingerprint density at radius 3 is 2.20 bits per heavy atom. The summed E-state index contributed by atoms with van der Waals surface area (Å²) in [5, 5.41) is 7.20. The summed E-state index contributed by atoms with van der Waals surface area (Å²) in [7, 11) is 0. The normalized spacial score (nSPS) is 25.7. The van der Waals surface area contributed by atoms with Gasteiger partial charge in [0.15, 0.2) is 0 Å². The van der Waals surface area contributed by atoms with Crippen molar-refractivity contribution in [3.8, 4) is 0 Å². The van der Waals surface area contributed by atoms with E-state index < -0.39 is 0 Å². The highest BCUT2D eigenvalue weighted by atomic mass is 15.1. The quantitative estimate of drug-likeness (QED) is 0.748. The van der Waals surface area contributed by atoms with Crippen LogP contribution in [0.2, 0.25) is 0 Å². The van der Waals surface area contributed by atoms with Gasteiger partial charge in [0, 0.05) is 17.1 Å². The number of hydrogen-bond acceptors (Lipinski definition) is 2. The summed E-state index contributed by atoms with van der Waals surface area (Å²) in [5.74, 6) is 0. The zero-order valence-electron chi connectivity index (χ0n) is 10.9. The molecule has 0 amide bonds. The molecule has 1 rings (SSSR count). The monoisotopic (exact) mass is 210 g/mol. The Kier molecular flexibility index (Phi) is 3.82. The third-order valence-corrected chi connectivity index (χ3v) is 2.88. The van der Waals surface area contributed by atoms with Crippen LogP contribution in [0.25, 0.3) is 0 Å². The third kappa shape index (κ3) is 4.25. The summed E-state index contributed by atoms with van der Waals surface area (Å²) in [5.41, 5.74) is 0.471.